The molecule has 0 amide bonds. The first kappa shape index (κ1) is 32.3. The molecule has 0 spiro atoms. The van der Waals surface area contributed by atoms with Crippen LogP contribution in [0, 0.1) is 0 Å². The molecule has 1 saturated heterocycles. The van der Waals surface area contributed by atoms with Crippen LogP contribution in [0.2, 0.25) is 0 Å². The molecule has 3 N–H and O–H groups in total. The number of nitrogens with zero attached hydrogens (tertiary/aromatic N) is 1. The maximum absolute atomic E-state index is 15.7. The summed E-state index contributed by atoms with van der Waals surface area (Å²) in [5, 5.41) is 13.3. The SMILES string of the molecule is CC(C)OC(=O)C(C)NP(=O)(OCC1OC(n2ccc(=O)[nH]c2=O)C(C)(F)C1O)Oc1ccccc1Cc1ccccc1. The number of hydrogen-bond acceptors (Lipinski definition) is 9. The first-order valence-electron chi connectivity index (χ1n) is 13.7. The number of nitrogens with one attached hydrogen (secondary N) is 2. The zero-order valence-corrected chi connectivity index (χ0v) is 25.0. The molecule has 14 heteroatoms. The van der Waals surface area contributed by atoms with Gasteiger partial charge in [0.25, 0.3) is 5.56 Å². The van der Waals surface area contributed by atoms with E-state index >= 15 is 4.39 Å². The Morgan fingerprint density at radius 3 is 2.49 bits per heavy atom. The van der Waals surface area contributed by atoms with Gasteiger partial charge in [0, 0.05) is 18.7 Å². The number of H-pyrrole nitrogens is 1. The number of rotatable bonds is 12. The van der Waals surface area contributed by atoms with Gasteiger partial charge in [0.1, 0.15) is 24.0 Å². The van der Waals surface area contributed by atoms with Crippen LogP contribution in [0.5, 0.6) is 5.75 Å². The third-order valence-electron chi connectivity index (χ3n) is 6.72. The molecular formula is C29H35FN3O9P. The minimum atomic E-state index is -4.44. The number of aromatic nitrogens is 2. The molecule has 1 aromatic heterocycles. The fourth-order valence-electron chi connectivity index (χ4n) is 4.53. The quantitative estimate of drug-likeness (QED) is 0.203. The first-order valence-corrected chi connectivity index (χ1v) is 15.2. The van der Waals surface area contributed by atoms with Crippen molar-refractivity contribution in [3.05, 3.63) is 98.8 Å². The molecule has 232 valence electrons. The van der Waals surface area contributed by atoms with Gasteiger partial charge < -0.3 is 19.1 Å². The first-order chi connectivity index (χ1) is 20.3. The van der Waals surface area contributed by atoms with Crippen molar-refractivity contribution in [1.82, 2.24) is 14.6 Å². The second kappa shape index (κ2) is 13.4. The standard InChI is InChI=1S/C29H35FN3O9P/c1-18(2)40-26(36)19(3)32-43(38,42-22-13-9-8-12-21(22)16-20-10-6-5-7-11-20)39-17-23-25(35)29(4,30)27(41-23)33-15-14-24(34)31-28(33)37/h5-15,18-19,23,25,27,35H,16-17H2,1-4H3,(H,32,38)(H,31,34,37). The van der Waals surface area contributed by atoms with Crippen molar-refractivity contribution in [2.75, 3.05) is 6.61 Å². The molecule has 1 aliphatic heterocycles. The second-order valence-electron chi connectivity index (χ2n) is 10.6. The summed E-state index contributed by atoms with van der Waals surface area (Å²) in [6, 6.07) is 16.2. The van der Waals surface area contributed by atoms with Gasteiger partial charge in [0.05, 0.1) is 12.7 Å². The second-order valence-corrected chi connectivity index (χ2v) is 12.3. The van der Waals surface area contributed by atoms with Crippen molar-refractivity contribution in [2.45, 2.75) is 70.4 Å². The maximum Gasteiger partial charge on any atom is 0.459 e. The van der Waals surface area contributed by atoms with E-state index in [1.165, 1.54) is 6.92 Å². The molecular weight excluding hydrogens is 584 g/mol. The van der Waals surface area contributed by atoms with Crippen molar-refractivity contribution >= 4 is 13.7 Å². The molecule has 12 nitrogen and oxygen atoms in total. The molecule has 0 saturated carbocycles. The number of alkyl halides is 1. The lowest BCUT2D eigenvalue weighted by Crippen LogP contribution is -2.43. The number of aliphatic hydroxyl groups excluding tert-OH is 1. The van der Waals surface area contributed by atoms with Crippen molar-refractivity contribution in [2.24, 2.45) is 0 Å². The zero-order chi connectivity index (χ0) is 31.4. The van der Waals surface area contributed by atoms with Crippen LogP contribution in [0.15, 0.2) is 76.4 Å². The van der Waals surface area contributed by atoms with E-state index in [0.29, 0.717) is 12.0 Å². The molecule has 6 unspecified atom stereocenters. The summed E-state index contributed by atoms with van der Waals surface area (Å²) in [6.07, 6.45) is -3.86. The summed E-state index contributed by atoms with van der Waals surface area (Å²) in [7, 11) is -4.44. The minimum Gasteiger partial charge on any atom is -0.462 e. The molecule has 1 fully saturated rings. The predicted molar refractivity (Wildman–Crippen MR) is 154 cm³/mol. The summed E-state index contributed by atoms with van der Waals surface area (Å²) in [5.41, 5.74) is -2.52. The summed E-state index contributed by atoms with van der Waals surface area (Å²) in [4.78, 5) is 38.3. The fraction of sp³-hybridized carbons (Fsp3) is 0.414. The van der Waals surface area contributed by atoms with Crippen LogP contribution in [-0.2, 0) is 29.8 Å². The van der Waals surface area contributed by atoms with Gasteiger partial charge in [-0.05, 0) is 44.9 Å². The number of halogens is 1. The number of esters is 1. The van der Waals surface area contributed by atoms with E-state index in [4.69, 9.17) is 18.5 Å². The molecule has 2 aromatic carbocycles. The number of para-hydroxylation sites is 1. The number of carbonyl (C=O) groups excluding carboxylic acids is 1. The van der Waals surface area contributed by atoms with Gasteiger partial charge in [-0.3, -0.25) is 23.7 Å². The lowest BCUT2D eigenvalue weighted by atomic mass is 9.98. The number of ether oxygens (including phenoxy) is 2. The highest BCUT2D eigenvalue weighted by Crippen LogP contribution is 2.48. The summed E-state index contributed by atoms with van der Waals surface area (Å²) in [5.74, 6) is -0.515. The van der Waals surface area contributed by atoms with Crippen molar-refractivity contribution < 1.29 is 37.4 Å². The summed E-state index contributed by atoms with van der Waals surface area (Å²) >= 11 is 0. The monoisotopic (exact) mass is 619 g/mol. The van der Waals surface area contributed by atoms with Gasteiger partial charge >= 0.3 is 19.4 Å². The van der Waals surface area contributed by atoms with E-state index in [2.05, 4.69) is 5.09 Å². The Morgan fingerprint density at radius 2 is 1.81 bits per heavy atom. The van der Waals surface area contributed by atoms with Gasteiger partial charge in [-0.2, -0.15) is 5.09 Å². The summed E-state index contributed by atoms with van der Waals surface area (Å²) < 4.78 is 53.1. The molecule has 0 radical (unpaired) electrons. The highest BCUT2D eigenvalue weighted by molar-refractivity contribution is 7.52. The van der Waals surface area contributed by atoms with Gasteiger partial charge in [-0.25, -0.2) is 13.8 Å². The minimum absolute atomic E-state index is 0.201. The van der Waals surface area contributed by atoms with Crippen molar-refractivity contribution in [3.63, 3.8) is 0 Å². The van der Waals surface area contributed by atoms with Gasteiger partial charge in [-0.1, -0.05) is 48.5 Å². The van der Waals surface area contributed by atoms with Crippen LogP contribution < -0.4 is 20.9 Å². The van der Waals surface area contributed by atoms with Crippen LogP contribution in [0.25, 0.3) is 0 Å². The maximum atomic E-state index is 15.7. The normalized spacial score (nSPS) is 23.9. The third kappa shape index (κ3) is 7.87. The Morgan fingerprint density at radius 1 is 1.14 bits per heavy atom. The number of aliphatic hydroxyl groups is 1. The molecule has 0 bridgehead atoms. The smallest absolute Gasteiger partial charge is 0.459 e. The molecule has 0 aliphatic carbocycles. The number of carbonyl (C=O) groups is 1. The van der Waals surface area contributed by atoms with Crippen LogP contribution in [0.4, 0.5) is 4.39 Å². The Bertz CT molecular complexity index is 1580. The van der Waals surface area contributed by atoms with E-state index in [-0.39, 0.29) is 5.75 Å². The molecule has 43 heavy (non-hydrogen) atoms. The van der Waals surface area contributed by atoms with E-state index in [1.54, 1.807) is 38.1 Å². The van der Waals surface area contributed by atoms with Gasteiger partial charge in [0.15, 0.2) is 11.9 Å². The average Bonchev–Trinajstić information content (AvgIpc) is 3.16. The van der Waals surface area contributed by atoms with E-state index in [1.807, 2.05) is 35.3 Å². The highest BCUT2D eigenvalue weighted by atomic mass is 31.2. The van der Waals surface area contributed by atoms with Crippen LogP contribution >= 0.6 is 7.75 Å². The number of benzene rings is 2. The third-order valence-corrected chi connectivity index (χ3v) is 8.34. The molecule has 2 heterocycles. The molecule has 1 aliphatic rings. The van der Waals surface area contributed by atoms with Gasteiger partial charge in [-0.15, -0.1) is 0 Å². The lowest BCUT2D eigenvalue weighted by Gasteiger charge is -2.26. The van der Waals surface area contributed by atoms with Gasteiger partial charge in [0.2, 0.25) is 0 Å². The average molecular weight is 620 g/mol. The molecule has 4 rings (SSSR count). The number of aromatic amines is 1. The van der Waals surface area contributed by atoms with Crippen molar-refractivity contribution in [3.8, 4) is 5.75 Å². The van der Waals surface area contributed by atoms with Crippen molar-refractivity contribution in [1.29, 1.82) is 0 Å². The topological polar surface area (TPSA) is 158 Å². The van der Waals surface area contributed by atoms with Crippen LogP contribution in [0.1, 0.15) is 45.0 Å². The van der Waals surface area contributed by atoms with E-state index in [0.717, 1.165) is 29.3 Å². The van der Waals surface area contributed by atoms with E-state index in [9.17, 15) is 24.1 Å². The largest absolute Gasteiger partial charge is 0.462 e. The number of hydrogen-bond donors (Lipinski definition) is 3. The van der Waals surface area contributed by atoms with Crippen LogP contribution in [-0.4, -0.2) is 57.3 Å². The Hall–Kier alpha value is -3.61. The highest BCUT2D eigenvalue weighted by Gasteiger charge is 2.56. The Kier molecular flexibility index (Phi) is 10.0. The van der Waals surface area contributed by atoms with Crippen LogP contribution in [0.3, 0.4) is 0 Å². The zero-order valence-electron chi connectivity index (χ0n) is 24.1. The molecule has 3 aromatic rings. The lowest BCUT2D eigenvalue weighted by molar-refractivity contribution is -0.149. The fourth-order valence-corrected chi connectivity index (χ4v) is 6.07. The van der Waals surface area contributed by atoms with E-state index < -0.39 is 67.8 Å². The Labute approximate surface area is 247 Å². The molecule has 6 atom stereocenters. The Balaban J connectivity index is 1.59. The summed E-state index contributed by atoms with van der Waals surface area (Å²) in [6.45, 7) is 5.10. The predicted octanol–water partition coefficient (Wildman–Crippen LogP) is 3.25.